The van der Waals surface area contributed by atoms with Crippen LogP contribution in [0.3, 0.4) is 0 Å². The number of H-pyrrole nitrogens is 1. The number of rotatable bonds is 5. The fourth-order valence-corrected chi connectivity index (χ4v) is 3.50. The van der Waals surface area contributed by atoms with Gasteiger partial charge in [0.25, 0.3) is 11.5 Å². The van der Waals surface area contributed by atoms with Gasteiger partial charge in [-0.2, -0.15) is 5.10 Å². The fraction of sp³-hybridized carbons (Fsp3) is 0.381. The lowest BCUT2D eigenvalue weighted by Crippen LogP contribution is -2.32. The molecular weight excluding hydrogens is 376 g/mol. The van der Waals surface area contributed by atoms with Crippen LogP contribution in [0.1, 0.15) is 60.6 Å². The van der Waals surface area contributed by atoms with Crippen LogP contribution in [-0.2, 0) is 0 Å². The minimum atomic E-state index is -0.234. The number of aromatic amines is 1. The van der Waals surface area contributed by atoms with E-state index in [-0.39, 0.29) is 23.4 Å². The highest BCUT2D eigenvalue weighted by Crippen LogP contribution is 2.43. The lowest BCUT2D eigenvalue weighted by Gasteiger charge is -2.10. The van der Waals surface area contributed by atoms with Crippen LogP contribution in [0.5, 0.6) is 0 Å². The molecule has 1 amide bonds. The molecule has 0 unspecified atom stereocenters. The van der Waals surface area contributed by atoms with Gasteiger partial charge in [-0.05, 0) is 62.3 Å². The SMILES string of the molecule is CC[C@@H](C)NC(=O)c1nn2cc(-c3ccc(Cl)c(C)c3)[nH]c(=O)c2c1C1CC1. The van der Waals surface area contributed by atoms with Crippen molar-refractivity contribution in [3.63, 3.8) is 0 Å². The molecule has 1 saturated carbocycles. The number of hydrogen-bond donors (Lipinski definition) is 2. The van der Waals surface area contributed by atoms with E-state index in [0.29, 0.717) is 21.9 Å². The third-order valence-electron chi connectivity index (χ3n) is 5.32. The van der Waals surface area contributed by atoms with Gasteiger partial charge in [-0.3, -0.25) is 9.59 Å². The number of hydrogen-bond acceptors (Lipinski definition) is 3. The van der Waals surface area contributed by atoms with E-state index >= 15 is 0 Å². The summed E-state index contributed by atoms with van der Waals surface area (Å²) >= 11 is 6.11. The maximum absolute atomic E-state index is 12.9. The Morgan fingerprint density at radius 3 is 2.82 bits per heavy atom. The molecule has 1 atom stereocenters. The van der Waals surface area contributed by atoms with Crippen LogP contribution in [-0.4, -0.2) is 26.5 Å². The molecule has 1 aliphatic carbocycles. The summed E-state index contributed by atoms with van der Waals surface area (Å²) in [6, 6.07) is 5.63. The van der Waals surface area contributed by atoms with Gasteiger partial charge < -0.3 is 10.3 Å². The number of aromatic nitrogens is 3. The number of fused-ring (bicyclic) bond motifs is 1. The van der Waals surface area contributed by atoms with Crippen molar-refractivity contribution in [3.8, 4) is 11.3 Å². The van der Waals surface area contributed by atoms with Crippen LogP contribution in [0, 0.1) is 6.92 Å². The Bertz CT molecular complexity index is 1130. The first-order valence-corrected chi connectivity index (χ1v) is 9.99. The van der Waals surface area contributed by atoms with Gasteiger partial charge in [0.05, 0.1) is 11.9 Å². The summed E-state index contributed by atoms with van der Waals surface area (Å²) in [5, 5.41) is 8.15. The molecule has 7 heteroatoms. The number of aryl methyl sites for hydroxylation is 1. The number of amides is 1. The largest absolute Gasteiger partial charge is 0.348 e. The molecule has 2 N–H and O–H groups in total. The molecule has 1 aromatic carbocycles. The third-order valence-corrected chi connectivity index (χ3v) is 5.75. The number of nitrogens with one attached hydrogen (secondary N) is 2. The van der Waals surface area contributed by atoms with E-state index in [1.165, 1.54) is 0 Å². The van der Waals surface area contributed by atoms with Crippen LogP contribution in [0.25, 0.3) is 16.8 Å². The molecule has 4 rings (SSSR count). The number of halogens is 1. The Morgan fingerprint density at radius 2 is 2.18 bits per heavy atom. The summed E-state index contributed by atoms with van der Waals surface area (Å²) in [6.07, 6.45) is 4.55. The highest BCUT2D eigenvalue weighted by atomic mass is 35.5. The zero-order valence-electron chi connectivity index (χ0n) is 16.2. The summed E-state index contributed by atoms with van der Waals surface area (Å²) in [4.78, 5) is 28.6. The molecule has 0 saturated heterocycles. The average molecular weight is 399 g/mol. The molecule has 6 nitrogen and oxygen atoms in total. The molecule has 1 fully saturated rings. The summed E-state index contributed by atoms with van der Waals surface area (Å²) in [6.45, 7) is 5.89. The van der Waals surface area contributed by atoms with Gasteiger partial charge >= 0.3 is 0 Å². The summed E-state index contributed by atoms with van der Waals surface area (Å²) in [5.74, 6) is 0.00291. The second-order valence-electron chi connectivity index (χ2n) is 7.57. The number of carbonyl (C=O) groups excluding carboxylic acids is 1. The molecular formula is C21H23ClN4O2. The van der Waals surface area contributed by atoms with Crippen LogP contribution < -0.4 is 10.9 Å². The van der Waals surface area contributed by atoms with E-state index in [0.717, 1.165) is 36.0 Å². The van der Waals surface area contributed by atoms with Crippen molar-refractivity contribution in [1.82, 2.24) is 19.9 Å². The summed E-state index contributed by atoms with van der Waals surface area (Å²) in [7, 11) is 0. The summed E-state index contributed by atoms with van der Waals surface area (Å²) in [5.41, 5.74) is 3.76. The Morgan fingerprint density at radius 1 is 1.43 bits per heavy atom. The predicted molar refractivity (Wildman–Crippen MR) is 110 cm³/mol. The smallest absolute Gasteiger partial charge is 0.274 e. The molecule has 0 spiro atoms. The van der Waals surface area contributed by atoms with Crippen LogP contribution in [0.15, 0.2) is 29.2 Å². The van der Waals surface area contributed by atoms with Gasteiger partial charge in [0.1, 0.15) is 5.52 Å². The van der Waals surface area contributed by atoms with Crippen molar-refractivity contribution in [1.29, 1.82) is 0 Å². The van der Waals surface area contributed by atoms with E-state index in [9.17, 15) is 9.59 Å². The Balaban J connectivity index is 1.85. The van der Waals surface area contributed by atoms with Crippen molar-refractivity contribution < 1.29 is 4.79 Å². The fourth-order valence-electron chi connectivity index (χ4n) is 3.38. The van der Waals surface area contributed by atoms with Crippen molar-refractivity contribution in [2.75, 3.05) is 0 Å². The molecule has 28 heavy (non-hydrogen) atoms. The van der Waals surface area contributed by atoms with Crippen molar-refractivity contribution >= 4 is 23.0 Å². The molecule has 146 valence electrons. The van der Waals surface area contributed by atoms with Gasteiger partial charge in [0, 0.05) is 16.6 Å². The van der Waals surface area contributed by atoms with E-state index in [2.05, 4.69) is 15.4 Å². The second kappa shape index (κ2) is 7.09. The van der Waals surface area contributed by atoms with Crippen molar-refractivity contribution in [3.05, 3.63) is 56.6 Å². The Hall–Kier alpha value is -2.60. The molecule has 2 aromatic heterocycles. The monoisotopic (exact) mass is 398 g/mol. The van der Waals surface area contributed by atoms with E-state index in [1.54, 1.807) is 16.8 Å². The first kappa shape index (κ1) is 18.7. The third kappa shape index (κ3) is 3.33. The lowest BCUT2D eigenvalue weighted by molar-refractivity contribution is 0.0933. The van der Waals surface area contributed by atoms with Gasteiger partial charge in [-0.1, -0.05) is 24.6 Å². The predicted octanol–water partition coefficient (Wildman–Crippen LogP) is 4.06. The van der Waals surface area contributed by atoms with Crippen LogP contribution >= 0.6 is 11.6 Å². The Kier molecular flexibility index (Phi) is 4.75. The lowest BCUT2D eigenvalue weighted by atomic mass is 10.1. The topological polar surface area (TPSA) is 79.3 Å². The summed E-state index contributed by atoms with van der Waals surface area (Å²) < 4.78 is 1.55. The van der Waals surface area contributed by atoms with Gasteiger partial charge in [-0.15, -0.1) is 0 Å². The number of carbonyl (C=O) groups is 1. The van der Waals surface area contributed by atoms with Crippen LogP contribution in [0.4, 0.5) is 0 Å². The average Bonchev–Trinajstić information content (AvgIpc) is 3.43. The van der Waals surface area contributed by atoms with E-state index < -0.39 is 0 Å². The van der Waals surface area contributed by atoms with Gasteiger partial charge in [-0.25, -0.2) is 4.52 Å². The maximum Gasteiger partial charge on any atom is 0.274 e. The van der Waals surface area contributed by atoms with Gasteiger partial charge in [0.15, 0.2) is 5.69 Å². The number of benzene rings is 1. The first-order chi connectivity index (χ1) is 13.4. The zero-order chi connectivity index (χ0) is 20.0. The van der Waals surface area contributed by atoms with Crippen molar-refractivity contribution in [2.45, 2.75) is 52.0 Å². The normalized spacial score (nSPS) is 15.0. The van der Waals surface area contributed by atoms with Crippen molar-refractivity contribution in [2.24, 2.45) is 0 Å². The second-order valence-corrected chi connectivity index (χ2v) is 7.98. The molecule has 1 aliphatic rings. The highest BCUT2D eigenvalue weighted by molar-refractivity contribution is 6.31. The van der Waals surface area contributed by atoms with E-state index in [4.69, 9.17) is 11.6 Å². The number of nitrogens with zero attached hydrogens (tertiary/aromatic N) is 2. The highest BCUT2D eigenvalue weighted by Gasteiger charge is 2.34. The standard InChI is InChI=1S/C21H23ClN4O2/c1-4-12(3)23-20(27)18-17(13-5-6-13)19-21(28)24-16(10-26(19)25-18)14-7-8-15(22)11(2)9-14/h7-10,12-13H,4-6H2,1-3H3,(H,23,27)(H,24,28)/t12-/m1/s1. The molecule has 0 radical (unpaired) electrons. The quantitative estimate of drug-likeness (QED) is 0.680. The maximum atomic E-state index is 12.9. The molecule has 0 bridgehead atoms. The molecule has 3 aromatic rings. The molecule has 2 heterocycles. The minimum absolute atomic E-state index is 0.0512. The Labute approximate surface area is 167 Å². The van der Waals surface area contributed by atoms with E-state index in [1.807, 2.05) is 32.9 Å². The zero-order valence-corrected chi connectivity index (χ0v) is 16.9. The minimum Gasteiger partial charge on any atom is -0.348 e. The van der Waals surface area contributed by atoms with Gasteiger partial charge in [0.2, 0.25) is 0 Å². The van der Waals surface area contributed by atoms with Crippen LogP contribution in [0.2, 0.25) is 5.02 Å². The first-order valence-electron chi connectivity index (χ1n) is 9.62. The molecule has 0 aliphatic heterocycles.